The van der Waals surface area contributed by atoms with E-state index in [-0.39, 0.29) is 12.5 Å². The number of hydrogen-bond acceptors (Lipinski definition) is 1. The Morgan fingerprint density at radius 1 is 0.867 bits per heavy atom. The predicted molar refractivity (Wildman–Crippen MR) is 43.3 cm³/mol. The van der Waals surface area contributed by atoms with Crippen molar-refractivity contribution in [2.75, 3.05) is 13.1 Å². The lowest BCUT2D eigenvalue weighted by Gasteiger charge is -2.23. The molecule has 0 heterocycles. The van der Waals surface area contributed by atoms with Gasteiger partial charge < -0.3 is 5.32 Å². The Balaban J connectivity index is 4.29. The fourth-order valence-corrected chi connectivity index (χ4v) is 0.933. The first kappa shape index (κ1) is 14.5. The van der Waals surface area contributed by atoms with Crippen LogP contribution in [-0.4, -0.2) is 25.4 Å². The van der Waals surface area contributed by atoms with Crippen LogP contribution in [0.1, 0.15) is 13.8 Å². The monoisotopic (exact) mass is 237 g/mol. The van der Waals surface area contributed by atoms with E-state index in [4.69, 9.17) is 0 Å². The van der Waals surface area contributed by atoms with Crippen LogP contribution < -0.4 is 5.32 Å². The third-order valence-corrected chi connectivity index (χ3v) is 1.69. The molecule has 0 radical (unpaired) electrons. The predicted octanol–water partition coefficient (Wildman–Crippen LogP) is 2.97. The summed E-state index contributed by atoms with van der Waals surface area (Å²) >= 11 is 0. The molecule has 1 nitrogen and oxygen atoms in total. The van der Waals surface area contributed by atoms with Crippen LogP contribution >= 0.6 is 0 Å². The van der Waals surface area contributed by atoms with Crippen molar-refractivity contribution in [2.45, 2.75) is 26.2 Å². The SMILES string of the molecule is CC(C)CNCC(C(F)(F)F)C(F)(F)F. The Labute approximate surface area is 83.8 Å². The molecule has 0 saturated carbocycles. The van der Waals surface area contributed by atoms with E-state index in [0.717, 1.165) is 0 Å². The topological polar surface area (TPSA) is 12.0 Å². The Kier molecular flexibility index (Phi) is 4.89. The zero-order valence-electron chi connectivity index (χ0n) is 8.34. The zero-order valence-corrected chi connectivity index (χ0v) is 8.34. The van der Waals surface area contributed by atoms with Crippen LogP contribution in [0.15, 0.2) is 0 Å². The molecule has 0 aromatic heterocycles. The van der Waals surface area contributed by atoms with Gasteiger partial charge in [0.25, 0.3) is 0 Å². The molecule has 15 heavy (non-hydrogen) atoms. The fraction of sp³-hybridized carbons (Fsp3) is 1.00. The van der Waals surface area contributed by atoms with Crippen LogP contribution in [0.4, 0.5) is 26.3 Å². The number of hydrogen-bond donors (Lipinski definition) is 1. The van der Waals surface area contributed by atoms with Gasteiger partial charge in [0.15, 0.2) is 5.92 Å². The second-order valence-corrected chi connectivity index (χ2v) is 3.69. The molecule has 0 amide bonds. The highest BCUT2D eigenvalue weighted by Crippen LogP contribution is 2.38. The molecular formula is C8H13F6N. The summed E-state index contributed by atoms with van der Waals surface area (Å²) in [6, 6.07) is 0. The quantitative estimate of drug-likeness (QED) is 0.741. The molecule has 0 atom stereocenters. The molecule has 0 aliphatic heterocycles. The minimum absolute atomic E-state index is 0.00659. The van der Waals surface area contributed by atoms with E-state index in [9.17, 15) is 26.3 Å². The second-order valence-electron chi connectivity index (χ2n) is 3.69. The smallest absolute Gasteiger partial charge is 0.316 e. The highest BCUT2D eigenvalue weighted by molar-refractivity contribution is 4.77. The Morgan fingerprint density at radius 2 is 1.27 bits per heavy atom. The van der Waals surface area contributed by atoms with Gasteiger partial charge in [0.1, 0.15) is 0 Å². The van der Waals surface area contributed by atoms with Crippen molar-refractivity contribution in [1.82, 2.24) is 5.32 Å². The van der Waals surface area contributed by atoms with Crippen LogP contribution in [0.3, 0.4) is 0 Å². The van der Waals surface area contributed by atoms with E-state index in [1.807, 2.05) is 0 Å². The lowest BCUT2D eigenvalue weighted by molar-refractivity contribution is -0.282. The van der Waals surface area contributed by atoms with Gasteiger partial charge in [0.05, 0.1) is 0 Å². The molecule has 0 aromatic rings. The molecule has 0 aliphatic carbocycles. The summed E-state index contributed by atoms with van der Waals surface area (Å²) in [6.07, 6.45) is -10.5. The normalized spacial score (nSPS) is 14.0. The fourth-order valence-electron chi connectivity index (χ4n) is 0.933. The van der Waals surface area contributed by atoms with Gasteiger partial charge >= 0.3 is 12.4 Å². The Morgan fingerprint density at radius 3 is 1.53 bits per heavy atom. The third-order valence-electron chi connectivity index (χ3n) is 1.69. The van der Waals surface area contributed by atoms with Crippen molar-refractivity contribution in [3.63, 3.8) is 0 Å². The first-order valence-corrected chi connectivity index (χ1v) is 4.39. The molecule has 7 heteroatoms. The Bertz CT molecular complexity index is 169. The van der Waals surface area contributed by atoms with E-state index >= 15 is 0 Å². The molecule has 92 valence electrons. The minimum atomic E-state index is -5.25. The van der Waals surface area contributed by atoms with Crippen molar-refractivity contribution in [2.24, 2.45) is 11.8 Å². The van der Waals surface area contributed by atoms with E-state index in [1.54, 1.807) is 13.8 Å². The van der Waals surface area contributed by atoms with Gasteiger partial charge in [-0.3, -0.25) is 0 Å². The molecule has 1 N–H and O–H groups in total. The third kappa shape index (κ3) is 5.86. The molecule has 0 spiro atoms. The van der Waals surface area contributed by atoms with Crippen molar-refractivity contribution in [1.29, 1.82) is 0 Å². The van der Waals surface area contributed by atoms with E-state index < -0.39 is 24.8 Å². The van der Waals surface area contributed by atoms with Crippen LogP contribution in [0.5, 0.6) is 0 Å². The average molecular weight is 237 g/mol. The summed E-state index contributed by atoms with van der Waals surface area (Å²) in [6.45, 7) is 2.40. The molecular weight excluding hydrogens is 224 g/mol. The number of alkyl halides is 6. The van der Waals surface area contributed by atoms with Gasteiger partial charge in [-0.15, -0.1) is 0 Å². The standard InChI is InChI=1S/C8H13F6N/c1-5(2)3-15-4-6(7(9,10)11)8(12,13)14/h5-6,15H,3-4H2,1-2H3. The molecule has 0 fully saturated rings. The molecule has 0 aliphatic rings. The minimum Gasteiger partial charge on any atom is -0.316 e. The summed E-state index contributed by atoms with van der Waals surface area (Å²) in [5.74, 6) is -3.28. The average Bonchev–Trinajstić information content (AvgIpc) is 1.92. The summed E-state index contributed by atoms with van der Waals surface area (Å²) in [4.78, 5) is 0. The van der Waals surface area contributed by atoms with Gasteiger partial charge in [0.2, 0.25) is 0 Å². The Hall–Kier alpha value is -0.460. The van der Waals surface area contributed by atoms with Gasteiger partial charge in [0, 0.05) is 6.54 Å². The second kappa shape index (κ2) is 5.05. The maximum Gasteiger partial charge on any atom is 0.401 e. The lowest BCUT2D eigenvalue weighted by atomic mass is 10.1. The first-order valence-electron chi connectivity index (χ1n) is 4.39. The summed E-state index contributed by atoms with van der Waals surface area (Å²) in [5, 5.41) is 2.16. The van der Waals surface area contributed by atoms with Crippen molar-refractivity contribution >= 4 is 0 Å². The van der Waals surface area contributed by atoms with Gasteiger partial charge in [-0.25, -0.2) is 0 Å². The molecule has 0 saturated heterocycles. The van der Waals surface area contributed by atoms with Crippen molar-refractivity contribution in [3.05, 3.63) is 0 Å². The van der Waals surface area contributed by atoms with E-state index in [2.05, 4.69) is 5.32 Å². The van der Waals surface area contributed by atoms with Crippen molar-refractivity contribution in [3.8, 4) is 0 Å². The maximum atomic E-state index is 12.0. The molecule has 0 aromatic carbocycles. The molecule has 0 rings (SSSR count). The zero-order chi connectivity index (χ0) is 12.3. The van der Waals surface area contributed by atoms with Gasteiger partial charge in [-0.05, 0) is 12.5 Å². The van der Waals surface area contributed by atoms with Crippen LogP contribution in [0.25, 0.3) is 0 Å². The summed E-state index contributed by atoms with van der Waals surface area (Å²) in [7, 11) is 0. The van der Waals surface area contributed by atoms with Gasteiger partial charge in [-0.1, -0.05) is 13.8 Å². The van der Waals surface area contributed by atoms with E-state index in [1.165, 1.54) is 0 Å². The lowest BCUT2D eigenvalue weighted by Crippen LogP contribution is -2.44. The van der Waals surface area contributed by atoms with E-state index in [0.29, 0.717) is 0 Å². The maximum absolute atomic E-state index is 12.0. The number of rotatable bonds is 4. The van der Waals surface area contributed by atoms with Crippen LogP contribution in [0, 0.1) is 11.8 Å². The van der Waals surface area contributed by atoms with Gasteiger partial charge in [-0.2, -0.15) is 26.3 Å². The van der Waals surface area contributed by atoms with Crippen LogP contribution in [0.2, 0.25) is 0 Å². The molecule has 0 bridgehead atoms. The highest BCUT2D eigenvalue weighted by atomic mass is 19.4. The summed E-state index contributed by atoms with van der Waals surface area (Å²) in [5.41, 5.74) is 0. The first-order chi connectivity index (χ1) is 6.55. The molecule has 0 unspecified atom stereocenters. The largest absolute Gasteiger partial charge is 0.401 e. The van der Waals surface area contributed by atoms with Crippen molar-refractivity contribution < 1.29 is 26.3 Å². The van der Waals surface area contributed by atoms with Crippen LogP contribution in [-0.2, 0) is 0 Å². The summed E-state index contributed by atoms with van der Waals surface area (Å²) < 4.78 is 71.9. The number of nitrogens with one attached hydrogen (secondary N) is 1. The highest BCUT2D eigenvalue weighted by Gasteiger charge is 2.56. The number of halogens is 6.